The maximum atomic E-state index is 11.7. The number of nitrogens with one attached hydrogen (secondary N) is 1. The van der Waals surface area contributed by atoms with E-state index >= 15 is 0 Å². The highest BCUT2D eigenvalue weighted by Gasteiger charge is 2.06. The van der Waals surface area contributed by atoms with Crippen molar-refractivity contribution in [3.8, 4) is 0 Å². The van der Waals surface area contributed by atoms with E-state index in [1.165, 1.54) is 17.1 Å². The van der Waals surface area contributed by atoms with Gasteiger partial charge in [0.1, 0.15) is 6.33 Å². The van der Waals surface area contributed by atoms with Crippen LogP contribution in [0.5, 0.6) is 0 Å². The fourth-order valence-corrected chi connectivity index (χ4v) is 1.22. The van der Waals surface area contributed by atoms with Crippen LogP contribution in [0, 0.1) is 0 Å². The monoisotopic (exact) mass is 217 g/mol. The summed E-state index contributed by atoms with van der Waals surface area (Å²) >= 11 is 0. The summed E-state index contributed by atoms with van der Waals surface area (Å²) < 4.78 is 1.45. The fourth-order valence-electron chi connectivity index (χ4n) is 1.22. The van der Waals surface area contributed by atoms with E-state index in [1.807, 2.05) is 0 Å². The Morgan fingerprint density at radius 3 is 2.75 bits per heavy atom. The summed E-state index contributed by atoms with van der Waals surface area (Å²) in [5.41, 5.74) is 15.1. The summed E-state index contributed by atoms with van der Waals surface area (Å²) in [5, 5.41) is 0. The summed E-state index contributed by atoms with van der Waals surface area (Å²) in [6.07, 6.45) is 4.68. The van der Waals surface area contributed by atoms with E-state index in [-0.39, 0.29) is 5.91 Å². The Morgan fingerprint density at radius 1 is 1.31 bits per heavy atom. The summed E-state index contributed by atoms with van der Waals surface area (Å²) in [6, 6.07) is 4.73. The second kappa shape index (κ2) is 3.93. The molecule has 2 rings (SSSR count). The summed E-state index contributed by atoms with van der Waals surface area (Å²) in [6.45, 7) is 0. The normalized spacial score (nSPS) is 10.0. The molecule has 82 valence electrons. The lowest BCUT2D eigenvalue weighted by atomic mass is 10.1. The van der Waals surface area contributed by atoms with Gasteiger partial charge in [0.05, 0.1) is 11.4 Å². The second-order valence-corrected chi connectivity index (χ2v) is 3.25. The van der Waals surface area contributed by atoms with Crippen molar-refractivity contribution in [3.63, 3.8) is 0 Å². The lowest BCUT2D eigenvalue weighted by Crippen LogP contribution is -2.21. The zero-order valence-electron chi connectivity index (χ0n) is 8.42. The lowest BCUT2D eigenvalue weighted by molar-refractivity contribution is 0.101. The SMILES string of the molecule is Nc1ccc(C(=O)Nn2ccnc2)cc1N. The zero-order valence-corrected chi connectivity index (χ0v) is 8.42. The van der Waals surface area contributed by atoms with Crippen molar-refractivity contribution in [2.45, 2.75) is 0 Å². The molecular weight excluding hydrogens is 206 g/mol. The molecule has 5 N–H and O–H groups in total. The van der Waals surface area contributed by atoms with Gasteiger partial charge < -0.3 is 11.5 Å². The highest BCUT2D eigenvalue weighted by atomic mass is 16.2. The van der Waals surface area contributed by atoms with E-state index in [9.17, 15) is 4.79 Å². The highest BCUT2D eigenvalue weighted by Crippen LogP contribution is 2.15. The summed E-state index contributed by atoms with van der Waals surface area (Å²) in [7, 11) is 0. The molecule has 0 radical (unpaired) electrons. The largest absolute Gasteiger partial charge is 0.397 e. The number of carbonyl (C=O) groups excluding carboxylic acids is 1. The Hall–Kier alpha value is -2.50. The molecule has 0 aliphatic rings. The van der Waals surface area contributed by atoms with Crippen molar-refractivity contribution in [2.75, 3.05) is 16.9 Å². The van der Waals surface area contributed by atoms with E-state index in [4.69, 9.17) is 11.5 Å². The van der Waals surface area contributed by atoms with Gasteiger partial charge in [-0.3, -0.25) is 10.2 Å². The van der Waals surface area contributed by atoms with Gasteiger partial charge in [0.15, 0.2) is 0 Å². The molecule has 0 atom stereocenters. The maximum absolute atomic E-state index is 11.7. The molecule has 0 saturated heterocycles. The lowest BCUT2D eigenvalue weighted by Gasteiger charge is -2.06. The third-order valence-corrected chi connectivity index (χ3v) is 2.08. The van der Waals surface area contributed by atoms with E-state index < -0.39 is 0 Å². The molecule has 1 aromatic heterocycles. The van der Waals surface area contributed by atoms with Gasteiger partial charge in [-0.1, -0.05) is 0 Å². The zero-order chi connectivity index (χ0) is 11.5. The first-order chi connectivity index (χ1) is 7.66. The highest BCUT2D eigenvalue weighted by molar-refractivity contribution is 6.01. The minimum absolute atomic E-state index is 0.273. The van der Waals surface area contributed by atoms with Gasteiger partial charge in [-0.25, -0.2) is 9.66 Å². The van der Waals surface area contributed by atoms with Gasteiger partial charge in [0.25, 0.3) is 5.91 Å². The number of nitrogens with two attached hydrogens (primary N) is 2. The van der Waals surface area contributed by atoms with E-state index in [0.29, 0.717) is 16.9 Å². The van der Waals surface area contributed by atoms with Gasteiger partial charge in [-0.2, -0.15) is 0 Å². The quantitative estimate of drug-likeness (QED) is 0.635. The number of aromatic nitrogens is 2. The van der Waals surface area contributed by atoms with Gasteiger partial charge in [0.2, 0.25) is 0 Å². The minimum Gasteiger partial charge on any atom is -0.397 e. The van der Waals surface area contributed by atoms with Crippen LogP contribution in [0.15, 0.2) is 36.9 Å². The number of nitrogens with zero attached hydrogens (tertiary/aromatic N) is 2. The Bertz CT molecular complexity index is 506. The van der Waals surface area contributed by atoms with Crippen LogP contribution in [0.1, 0.15) is 10.4 Å². The minimum atomic E-state index is -0.273. The van der Waals surface area contributed by atoms with Crippen LogP contribution in [-0.2, 0) is 0 Å². The Kier molecular flexibility index (Phi) is 2.47. The molecule has 0 unspecified atom stereocenters. The molecule has 0 aliphatic heterocycles. The van der Waals surface area contributed by atoms with Gasteiger partial charge in [-0.15, -0.1) is 0 Å². The Balaban J connectivity index is 2.18. The van der Waals surface area contributed by atoms with Gasteiger partial charge in [0, 0.05) is 18.0 Å². The number of amides is 1. The van der Waals surface area contributed by atoms with Crippen LogP contribution in [0.25, 0.3) is 0 Å². The van der Waals surface area contributed by atoms with Crippen LogP contribution in [0.4, 0.5) is 11.4 Å². The van der Waals surface area contributed by atoms with Crippen LogP contribution < -0.4 is 16.9 Å². The molecule has 0 fully saturated rings. The van der Waals surface area contributed by atoms with E-state index in [2.05, 4.69) is 10.4 Å². The molecule has 0 bridgehead atoms. The number of rotatable bonds is 2. The third kappa shape index (κ3) is 1.95. The molecule has 1 amide bonds. The van der Waals surface area contributed by atoms with Crippen molar-refractivity contribution in [2.24, 2.45) is 0 Å². The predicted octanol–water partition coefficient (Wildman–Crippen LogP) is 0.431. The second-order valence-electron chi connectivity index (χ2n) is 3.25. The molecule has 1 aromatic carbocycles. The third-order valence-electron chi connectivity index (χ3n) is 2.08. The molecule has 0 spiro atoms. The number of nitrogen functional groups attached to an aromatic ring is 2. The molecule has 0 aliphatic carbocycles. The predicted molar refractivity (Wildman–Crippen MR) is 61.2 cm³/mol. The van der Waals surface area contributed by atoms with Crippen LogP contribution in [-0.4, -0.2) is 15.6 Å². The van der Waals surface area contributed by atoms with Crippen molar-refractivity contribution >= 4 is 17.3 Å². The number of hydrogen-bond acceptors (Lipinski definition) is 4. The van der Waals surface area contributed by atoms with E-state index in [1.54, 1.807) is 24.5 Å². The number of imidazole rings is 1. The smallest absolute Gasteiger partial charge is 0.270 e. The number of benzene rings is 1. The number of anilines is 2. The molecule has 0 saturated carbocycles. The molecule has 16 heavy (non-hydrogen) atoms. The van der Waals surface area contributed by atoms with Gasteiger partial charge in [-0.05, 0) is 18.2 Å². The molecule has 2 aromatic rings. The molecule has 6 heteroatoms. The number of hydrogen-bond donors (Lipinski definition) is 3. The first-order valence-electron chi connectivity index (χ1n) is 4.61. The molecular formula is C10H11N5O. The van der Waals surface area contributed by atoms with Crippen LogP contribution in [0.2, 0.25) is 0 Å². The van der Waals surface area contributed by atoms with Crippen molar-refractivity contribution in [1.82, 2.24) is 9.66 Å². The molecule has 6 nitrogen and oxygen atoms in total. The first kappa shape index (κ1) is 10.0. The Labute approximate surface area is 91.9 Å². The van der Waals surface area contributed by atoms with Crippen LogP contribution >= 0.6 is 0 Å². The van der Waals surface area contributed by atoms with Gasteiger partial charge >= 0.3 is 0 Å². The average molecular weight is 217 g/mol. The van der Waals surface area contributed by atoms with Crippen LogP contribution in [0.3, 0.4) is 0 Å². The molecule has 1 heterocycles. The standard InChI is InChI=1S/C10H11N5O/c11-8-2-1-7(5-9(8)12)10(16)14-15-4-3-13-6-15/h1-6H,11-12H2,(H,14,16). The summed E-state index contributed by atoms with van der Waals surface area (Å²) in [5.74, 6) is -0.273. The van der Waals surface area contributed by atoms with Crippen molar-refractivity contribution < 1.29 is 4.79 Å². The Morgan fingerprint density at radius 2 is 2.12 bits per heavy atom. The first-order valence-corrected chi connectivity index (χ1v) is 4.61. The fraction of sp³-hybridized carbons (Fsp3) is 0. The number of carbonyl (C=O) groups is 1. The maximum Gasteiger partial charge on any atom is 0.270 e. The van der Waals surface area contributed by atoms with E-state index in [0.717, 1.165) is 0 Å². The average Bonchev–Trinajstić information content (AvgIpc) is 2.74. The van der Waals surface area contributed by atoms with Crippen molar-refractivity contribution in [1.29, 1.82) is 0 Å². The van der Waals surface area contributed by atoms with Crippen molar-refractivity contribution in [3.05, 3.63) is 42.5 Å². The summed E-state index contributed by atoms with van der Waals surface area (Å²) in [4.78, 5) is 15.5. The topological polar surface area (TPSA) is 99.0 Å².